The molecule has 1 aromatic rings. The molecule has 1 N–H and O–H groups in total. The van der Waals surface area contributed by atoms with Crippen LogP contribution in [-0.2, 0) is 0 Å². The molecular formula is C10H19N3OS2. The summed E-state index contributed by atoms with van der Waals surface area (Å²) in [6.07, 6.45) is 1.75. The Morgan fingerprint density at radius 3 is 2.31 bits per heavy atom. The van der Waals surface area contributed by atoms with E-state index in [1.54, 1.807) is 13.1 Å². The van der Waals surface area contributed by atoms with Gasteiger partial charge >= 0.3 is 4.84 Å². The number of hydrogen-bond donors (Lipinski definition) is 1. The summed E-state index contributed by atoms with van der Waals surface area (Å²) >= 11 is 5.93. The minimum atomic E-state index is 0.262. The normalized spacial score (nSPS) is 8.81. The van der Waals surface area contributed by atoms with E-state index in [-0.39, 0.29) is 4.84 Å². The Morgan fingerprint density at radius 2 is 2.19 bits per heavy atom. The van der Waals surface area contributed by atoms with Crippen molar-refractivity contribution in [1.29, 1.82) is 0 Å². The summed E-state index contributed by atoms with van der Waals surface area (Å²) in [4.78, 5) is 4.99. The molecule has 0 aliphatic rings. The highest BCUT2D eigenvalue weighted by Gasteiger charge is 1.83. The first-order chi connectivity index (χ1) is 7.56. The zero-order chi connectivity index (χ0) is 13.0. The van der Waals surface area contributed by atoms with Crippen LogP contribution in [0.5, 0.6) is 0 Å². The number of aryl methyl sites for hydroxylation is 1. The minimum absolute atomic E-state index is 0.262. The standard InChI is InChI=1S/C5H9NS.C3H4N2OS.C2H6/c1-4-6-7-5(2)3;1-2-4-3(7)6-5-2;1-2/h4H,2H2,1,3H3;1H3,(H,4,5,7);1-2H3/b6-4-;;. The Bertz CT molecular complexity index is 355. The third-order valence-corrected chi connectivity index (χ3v) is 1.66. The van der Waals surface area contributed by atoms with Gasteiger partial charge in [0.1, 0.15) is 5.82 Å². The first kappa shape index (κ1) is 17.5. The SMILES string of the molecule is C=C(C)S/N=C\C.CC.Cc1nc(=S)o[nH]1. The largest absolute Gasteiger partial charge is 0.348 e. The second-order valence-corrected chi connectivity index (χ2v) is 3.76. The van der Waals surface area contributed by atoms with Crippen LogP contribution in [0.25, 0.3) is 0 Å². The monoisotopic (exact) mass is 261 g/mol. The summed E-state index contributed by atoms with van der Waals surface area (Å²) in [5.74, 6) is 0.713. The molecule has 0 aromatic carbocycles. The zero-order valence-corrected chi connectivity index (χ0v) is 12.0. The molecule has 0 radical (unpaired) electrons. The predicted molar refractivity (Wildman–Crippen MR) is 74.3 cm³/mol. The van der Waals surface area contributed by atoms with Crippen LogP contribution in [0.3, 0.4) is 0 Å². The molecule has 0 aliphatic carbocycles. The van der Waals surface area contributed by atoms with E-state index in [1.165, 1.54) is 11.9 Å². The molecule has 1 aromatic heterocycles. The van der Waals surface area contributed by atoms with Crippen molar-refractivity contribution in [3.63, 3.8) is 0 Å². The summed E-state index contributed by atoms with van der Waals surface area (Å²) in [6.45, 7) is 13.2. The Morgan fingerprint density at radius 1 is 1.62 bits per heavy atom. The molecule has 92 valence electrons. The highest BCUT2D eigenvalue weighted by atomic mass is 32.2. The van der Waals surface area contributed by atoms with Crippen molar-refractivity contribution >= 4 is 30.4 Å². The first-order valence-corrected chi connectivity index (χ1v) is 6.07. The van der Waals surface area contributed by atoms with Crippen molar-refractivity contribution in [1.82, 2.24) is 10.1 Å². The van der Waals surface area contributed by atoms with Gasteiger partial charge in [-0.2, -0.15) is 4.98 Å². The van der Waals surface area contributed by atoms with Crippen molar-refractivity contribution in [3.8, 4) is 0 Å². The number of aromatic nitrogens is 2. The van der Waals surface area contributed by atoms with Gasteiger partial charge in [0.25, 0.3) is 0 Å². The smallest absolute Gasteiger partial charge is 0.314 e. The highest BCUT2D eigenvalue weighted by molar-refractivity contribution is 8.01. The molecule has 0 aliphatic heterocycles. The Kier molecular flexibility index (Phi) is 13.3. The number of allylic oxidation sites excluding steroid dienone is 1. The topological polar surface area (TPSA) is 54.2 Å². The lowest BCUT2D eigenvalue weighted by molar-refractivity contribution is 0.400. The van der Waals surface area contributed by atoms with Crippen LogP contribution in [-0.4, -0.2) is 16.4 Å². The van der Waals surface area contributed by atoms with E-state index in [4.69, 9.17) is 0 Å². The number of aromatic amines is 1. The molecule has 16 heavy (non-hydrogen) atoms. The summed E-state index contributed by atoms with van der Waals surface area (Å²) in [7, 11) is 0. The van der Waals surface area contributed by atoms with E-state index in [9.17, 15) is 0 Å². The Balaban J connectivity index is 0. The number of hydrogen-bond acceptors (Lipinski definition) is 5. The summed E-state index contributed by atoms with van der Waals surface area (Å²) < 4.78 is 8.41. The molecule has 0 spiro atoms. The van der Waals surface area contributed by atoms with Crippen LogP contribution >= 0.6 is 24.2 Å². The molecule has 0 fully saturated rings. The molecule has 0 atom stereocenters. The van der Waals surface area contributed by atoms with Gasteiger partial charge in [0.15, 0.2) is 0 Å². The second-order valence-electron chi connectivity index (χ2n) is 2.32. The fourth-order valence-electron chi connectivity index (χ4n) is 0.443. The minimum Gasteiger partial charge on any atom is -0.348 e. The molecule has 1 heterocycles. The van der Waals surface area contributed by atoms with Gasteiger partial charge in [0.05, 0.1) is 0 Å². The lowest BCUT2D eigenvalue weighted by Gasteiger charge is -1.83. The van der Waals surface area contributed by atoms with E-state index in [0.29, 0.717) is 5.82 Å². The van der Waals surface area contributed by atoms with E-state index in [0.717, 1.165) is 4.91 Å². The maximum absolute atomic E-state index is 4.54. The van der Waals surface area contributed by atoms with Gasteiger partial charge in [-0.1, -0.05) is 20.4 Å². The third kappa shape index (κ3) is 13.1. The fraction of sp³-hybridized carbons (Fsp3) is 0.500. The summed E-state index contributed by atoms with van der Waals surface area (Å²) in [5, 5.41) is 2.48. The van der Waals surface area contributed by atoms with Gasteiger partial charge in [-0.3, -0.25) is 0 Å². The quantitative estimate of drug-likeness (QED) is 0.489. The van der Waals surface area contributed by atoms with Crippen molar-refractivity contribution in [3.05, 3.63) is 22.1 Å². The molecule has 0 bridgehead atoms. The molecular weight excluding hydrogens is 242 g/mol. The van der Waals surface area contributed by atoms with Crippen LogP contribution in [0.2, 0.25) is 0 Å². The van der Waals surface area contributed by atoms with Gasteiger partial charge in [-0.15, -0.1) is 0 Å². The number of nitrogens with zero attached hydrogens (tertiary/aromatic N) is 2. The van der Waals surface area contributed by atoms with Gasteiger partial charge in [0, 0.05) is 18.2 Å². The highest BCUT2D eigenvalue weighted by Crippen LogP contribution is 2.10. The summed E-state index contributed by atoms with van der Waals surface area (Å²) in [5.41, 5.74) is 0. The van der Waals surface area contributed by atoms with Crippen LogP contribution in [0.4, 0.5) is 0 Å². The van der Waals surface area contributed by atoms with Crippen LogP contribution < -0.4 is 0 Å². The van der Waals surface area contributed by atoms with E-state index in [2.05, 4.69) is 37.9 Å². The molecule has 4 nitrogen and oxygen atoms in total. The lowest BCUT2D eigenvalue weighted by atomic mass is 10.8. The first-order valence-electron chi connectivity index (χ1n) is 4.89. The van der Waals surface area contributed by atoms with Gasteiger partial charge < -0.3 is 4.52 Å². The molecule has 0 saturated heterocycles. The van der Waals surface area contributed by atoms with Crippen LogP contribution in [0.15, 0.2) is 20.4 Å². The van der Waals surface area contributed by atoms with Crippen molar-refractivity contribution < 1.29 is 4.52 Å². The number of nitrogens with one attached hydrogen (secondary N) is 1. The number of rotatable bonds is 2. The van der Waals surface area contributed by atoms with Crippen molar-refractivity contribution in [2.45, 2.75) is 34.6 Å². The molecule has 1 rings (SSSR count). The Labute approximate surface area is 106 Å². The predicted octanol–water partition coefficient (Wildman–Crippen LogP) is 4.33. The average molecular weight is 261 g/mol. The number of H-pyrrole nitrogens is 1. The molecule has 0 amide bonds. The fourth-order valence-corrected chi connectivity index (χ4v) is 0.907. The van der Waals surface area contributed by atoms with Gasteiger partial charge in [-0.05, 0) is 37.9 Å². The average Bonchev–Trinajstić information content (AvgIpc) is 2.63. The molecule has 6 heteroatoms. The summed E-state index contributed by atoms with van der Waals surface area (Å²) in [6, 6.07) is 0. The molecule has 0 unspecified atom stereocenters. The second kappa shape index (κ2) is 12.2. The van der Waals surface area contributed by atoms with E-state index in [1.807, 2.05) is 27.7 Å². The zero-order valence-electron chi connectivity index (χ0n) is 10.4. The maximum Gasteiger partial charge on any atom is 0.314 e. The van der Waals surface area contributed by atoms with Gasteiger partial charge in [-0.25, -0.2) is 9.55 Å². The molecule has 0 saturated carbocycles. The van der Waals surface area contributed by atoms with Crippen molar-refractivity contribution in [2.24, 2.45) is 4.40 Å². The van der Waals surface area contributed by atoms with E-state index >= 15 is 0 Å². The van der Waals surface area contributed by atoms with Crippen molar-refractivity contribution in [2.75, 3.05) is 0 Å². The van der Waals surface area contributed by atoms with Crippen LogP contribution in [0.1, 0.15) is 33.5 Å². The lowest BCUT2D eigenvalue weighted by Crippen LogP contribution is -1.67. The Hall–Kier alpha value is -0.880. The third-order valence-electron chi connectivity index (χ3n) is 0.859. The van der Waals surface area contributed by atoms with E-state index < -0.39 is 0 Å². The maximum atomic E-state index is 4.54. The van der Waals surface area contributed by atoms with Crippen LogP contribution in [0, 0.1) is 11.8 Å². The van der Waals surface area contributed by atoms with Gasteiger partial charge in [0.2, 0.25) is 0 Å².